The molecule has 1 aromatic heterocycles. The molecule has 0 spiro atoms. The highest BCUT2D eigenvalue weighted by Gasteiger charge is 2.18. The molecule has 5 nitrogen and oxygen atoms in total. The minimum atomic E-state index is -0.0992. The molecule has 0 aliphatic heterocycles. The summed E-state index contributed by atoms with van der Waals surface area (Å²) in [5.41, 5.74) is 3.67. The van der Waals surface area contributed by atoms with E-state index in [0.29, 0.717) is 29.8 Å². The second-order valence-electron chi connectivity index (χ2n) is 7.60. The number of aromatic amines is 1. The van der Waals surface area contributed by atoms with Crippen LogP contribution in [0.2, 0.25) is 0 Å². The fourth-order valence-electron chi connectivity index (χ4n) is 3.94. The molecule has 0 saturated heterocycles. The van der Waals surface area contributed by atoms with E-state index in [4.69, 9.17) is 12.2 Å². The Hall–Kier alpha value is -1.92. The largest absolute Gasteiger partial charge is 0.395 e. The van der Waals surface area contributed by atoms with E-state index in [1.165, 1.54) is 24.8 Å². The van der Waals surface area contributed by atoms with Crippen molar-refractivity contribution in [2.24, 2.45) is 0 Å². The molecule has 1 heterocycles. The summed E-state index contributed by atoms with van der Waals surface area (Å²) >= 11 is 5.59. The first kappa shape index (κ1) is 19.8. The maximum absolute atomic E-state index is 12.6. The minimum Gasteiger partial charge on any atom is -0.395 e. The van der Waals surface area contributed by atoms with E-state index in [1.807, 2.05) is 17.9 Å². The molecular formula is C21H29N3O2S. The maximum atomic E-state index is 12.6. The number of pyridine rings is 1. The van der Waals surface area contributed by atoms with Crippen molar-refractivity contribution in [3.05, 3.63) is 45.2 Å². The van der Waals surface area contributed by atoms with Crippen molar-refractivity contribution in [1.29, 1.82) is 0 Å². The van der Waals surface area contributed by atoms with Crippen LogP contribution in [-0.2, 0) is 6.54 Å². The quantitative estimate of drug-likeness (QED) is 0.688. The Balaban J connectivity index is 1.82. The number of aromatic nitrogens is 1. The summed E-state index contributed by atoms with van der Waals surface area (Å²) in [7, 11) is 0. The molecule has 0 unspecified atom stereocenters. The van der Waals surface area contributed by atoms with Gasteiger partial charge in [0.1, 0.15) is 0 Å². The van der Waals surface area contributed by atoms with Gasteiger partial charge in [0.15, 0.2) is 5.11 Å². The lowest BCUT2D eigenvalue weighted by atomic mass is 9.96. The van der Waals surface area contributed by atoms with E-state index < -0.39 is 0 Å². The molecule has 0 bridgehead atoms. The second kappa shape index (κ2) is 8.85. The Morgan fingerprint density at radius 1 is 1.26 bits per heavy atom. The predicted molar refractivity (Wildman–Crippen MR) is 114 cm³/mol. The van der Waals surface area contributed by atoms with Gasteiger partial charge in [-0.15, -0.1) is 0 Å². The fraction of sp³-hybridized carbons (Fsp3) is 0.524. The van der Waals surface area contributed by atoms with Gasteiger partial charge in [-0.2, -0.15) is 0 Å². The molecule has 3 rings (SSSR count). The number of aryl methyl sites for hydroxylation is 2. The number of benzene rings is 1. The zero-order valence-electron chi connectivity index (χ0n) is 16.2. The summed E-state index contributed by atoms with van der Waals surface area (Å²) in [5.74, 6) is 0. The molecule has 0 radical (unpaired) electrons. The highest BCUT2D eigenvalue weighted by molar-refractivity contribution is 7.80. The summed E-state index contributed by atoms with van der Waals surface area (Å²) < 4.78 is 0. The Morgan fingerprint density at radius 2 is 2.00 bits per heavy atom. The van der Waals surface area contributed by atoms with E-state index in [-0.39, 0.29) is 12.2 Å². The van der Waals surface area contributed by atoms with E-state index in [0.717, 1.165) is 29.3 Å². The van der Waals surface area contributed by atoms with Crippen molar-refractivity contribution in [2.75, 3.05) is 13.2 Å². The Morgan fingerprint density at radius 3 is 2.70 bits per heavy atom. The standard InChI is InChI=1S/C21H29N3O2S/c1-14-10-15(2)19-16(11-14)12-17(20(26)23-19)13-24(8-9-25)21(27)22-18-6-4-3-5-7-18/h10-12,18,25H,3-9,13H2,1-2H3,(H,22,27)(H,23,26). The Bertz CT molecular complexity index is 872. The van der Waals surface area contributed by atoms with Crippen LogP contribution < -0.4 is 10.9 Å². The number of rotatable bonds is 5. The lowest BCUT2D eigenvalue weighted by molar-refractivity contribution is 0.243. The number of nitrogens with one attached hydrogen (secondary N) is 2. The average molecular weight is 388 g/mol. The molecule has 6 heteroatoms. The topological polar surface area (TPSA) is 68.4 Å². The summed E-state index contributed by atoms with van der Waals surface area (Å²) in [6.45, 7) is 4.85. The summed E-state index contributed by atoms with van der Waals surface area (Å²) in [4.78, 5) is 17.5. The number of thiocarbonyl (C=S) groups is 1. The van der Waals surface area contributed by atoms with Gasteiger partial charge < -0.3 is 20.3 Å². The van der Waals surface area contributed by atoms with Crippen LogP contribution >= 0.6 is 12.2 Å². The number of aliphatic hydroxyl groups is 1. The Kier molecular flexibility index (Phi) is 6.50. The van der Waals surface area contributed by atoms with Crippen LogP contribution in [0.3, 0.4) is 0 Å². The molecule has 1 saturated carbocycles. The molecule has 0 atom stereocenters. The van der Waals surface area contributed by atoms with Crippen molar-refractivity contribution in [3.8, 4) is 0 Å². The zero-order valence-corrected chi connectivity index (χ0v) is 17.0. The van der Waals surface area contributed by atoms with Crippen LogP contribution in [0.15, 0.2) is 23.0 Å². The van der Waals surface area contributed by atoms with Crippen LogP contribution in [0, 0.1) is 13.8 Å². The number of H-pyrrole nitrogens is 1. The average Bonchev–Trinajstić information content (AvgIpc) is 2.63. The van der Waals surface area contributed by atoms with E-state index in [9.17, 15) is 9.90 Å². The lowest BCUT2D eigenvalue weighted by Gasteiger charge is -2.30. The molecule has 27 heavy (non-hydrogen) atoms. The van der Waals surface area contributed by atoms with Crippen LogP contribution in [0.25, 0.3) is 10.9 Å². The van der Waals surface area contributed by atoms with Crippen molar-refractivity contribution in [1.82, 2.24) is 15.2 Å². The van der Waals surface area contributed by atoms with Gasteiger partial charge in [-0.25, -0.2) is 0 Å². The maximum Gasteiger partial charge on any atom is 0.253 e. The van der Waals surface area contributed by atoms with E-state index >= 15 is 0 Å². The molecule has 1 aliphatic carbocycles. The SMILES string of the molecule is Cc1cc(C)c2[nH]c(=O)c(CN(CCO)C(=S)NC3CCCCC3)cc2c1. The van der Waals surface area contributed by atoms with Crippen LogP contribution in [0.5, 0.6) is 0 Å². The number of nitrogens with zero attached hydrogens (tertiary/aromatic N) is 1. The van der Waals surface area contributed by atoms with Crippen molar-refractivity contribution in [2.45, 2.75) is 58.5 Å². The Labute approximate surface area is 165 Å². The first-order valence-electron chi connectivity index (χ1n) is 9.77. The third kappa shape index (κ3) is 4.87. The van der Waals surface area contributed by atoms with Gasteiger partial charge in [-0.3, -0.25) is 4.79 Å². The highest BCUT2D eigenvalue weighted by atomic mass is 32.1. The number of hydrogen-bond donors (Lipinski definition) is 3. The second-order valence-corrected chi connectivity index (χ2v) is 7.99. The van der Waals surface area contributed by atoms with Gasteiger partial charge >= 0.3 is 0 Å². The monoisotopic (exact) mass is 387 g/mol. The molecule has 1 aliphatic rings. The summed E-state index contributed by atoms with van der Waals surface area (Å²) in [6.07, 6.45) is 5.99. The zero-order chi connectivity index (χ0) is 19.4. The third-order valence-electron chi connectivity index (χ3n) is 5.32. The van der Waals surface area contributed by atoms with Gasteiger partial charge in [-0.1, -0.05) is 30.9 Å². The van der Waals surface area contributed by atoms with Gasteiger partial charge in [-0.05, 0) is 62.0 Å². The fourth-order valence-corrected chi connectivity index (χ4v) is 4.26. The molecule has 2 aromatic rings. The van der Waals surface area contributed by atoms with Gasteiger partial charge in [0.25, 0.3) is 5.56 Å². The van der Waals surface area contributed by atoms with Crippen LogP contribution in [0.1, 0.15) is 48.8 Å². The minimum absolute atomic E-state index is 0.00378. The molecule has 1 aromatic carbocycles. The summed E-state index contributed by atoms with van der Waals surface area (Å²) in [5, 5.41) is 14.5. The first-order chi connectivity index (χ1) is 13.0. The molecule has 0 amide bonds. The molecular weight excluding hydrogens is 358 g/mol. The third-order valence-corrected chi connectivity index (χ3v) is 5.70. The molecule has 3 N–H and O–H groups in total. The summed E-state index contributed by atoms with van der Waals surface area (Å²) in [6, 6.07) is 6.49. The number of fused-ring (bicyclic) bond motifs is 1. The smallest absolute Gasteiger partial charge is 0.253 e. The predicted octanol–water partition coefficient (Wildman–Crippen LogP) is 3.15. The highest BCUT2D eigenvalue weighted by Crippen LogP contribution is 2.20. The normalized spacial score (nSPS) is 15.1. The van der Waals surface area contributed by atoms with Crippen molar-refractivity contribution in [3.63, 3.8) is 0 Å². The molecule has 1 fully saturated rings. The van der Waals surface area contributed by atoms with E-state index in [2.05, 4.69) is 29.4 Å². The van der Waals surface area contributed by atoms with Crippen molar-refractivity contribution >= 4 is 28.2 Å². The van der Waals surface area contributed by atoms with Crippen LogP contribution in [-0.4, -0.2) is 39.3 Å². The first-order valence-corrected chi connectivity index (χ1v) is 10.2. The molecule has 146 valence electrons. The number of aliphatic hydroxyl groups excluding tert-OH is 1. The van der Waals surface area contributed by atoms with Crippen molar-refractivity contribution < 1.29 is 5.11 Å². The van der Waals surface area contributed by atoms with Gasteiger partial charge in [0, 0.05) is 18.2 Å². The van der Waals surface area contributed by atoms with Gasteiger partial charge in [0.05, 0.1) is 18.7 Å². The van der Waals surface area contributed by atoms with Gasteiger partial charge in [0.2, 0.25) is 0 Å². The van der Waals surface area contributed by atoms with Crippen LogP contribution in [0.4, 0.5) is 0 Å². The number of hydrogen-bond acceptors (Lipinski definition) is 3. The lowest BCUT2D eigenvalue weighted by Crippen LogP contribution is -2.46. The van der Waals surface area contributed by atoms with E-state index in [1.54, 1.807) is 0 Å².